The van der Waals surface area contributed by atoms with Gasteiger partial charge in [-0.2, -0.15) is 0 Å². The zero-order valence-electron chi connectivity index (χ0n) is 10.4. The maximum absolute atomic E-state index is 9.70. The fraction of sp³-hybridized carbons (Fsp3) is 0.571. The first kappa shape index (κ1) is 12.6. The molecule has 17 heavy (non-hydrogen) atoms. The summed E-state index contributed by atoms with van der Waals surface area (Å²) in [4.78, 5) is 0. The molecule has 3 heteroatoms. The summed E-state index contributed by atoms with van der Waals surface area (Å²) in [7, 11) is 0. The Morgan fingerprint density at radius 3 is 2.82 bits per heavy atom. The SMILES string of the molecule is CC1CNCCC1(CO)NCc1ccccc1. The molecule has 0 saturated carbocycles. The van der Waals surface area contributed by atoms with E-state index in [9.17, 15) is 5.11 Å². The highest BCUT2D eigenvalue weighted by Crippen LogP contribution is 2.24. The molecule has 1 heterocycles. The van der Waals surface area contributed by atoms with Crippen LogP contribution in [0.5, 0.6) is 0 Å². The summed E-state index contributed by atoms with van der Waals surface area (Å²) >= 11 is 0. The normalized spacial score (nSPS) is 29.2. The van der Waals surface area contributed by atoms with Crippen LogP contribution in [0.15, 0.2) is 30.3 Å². The van der Waals surface area contributed by atoms with Crippen molar-refractivity contribution in [1.29, 1.82) is 0 Å². The van der Waals surface area contributed by atoms with Crippen molar-refractivity contribution in [3.05, 3.63) is 35.9 Å². The molecule has 1 aliphatic rings. The standard InChI is InChI=1S/C14H22N2O/c1-12-9-15-8-7-14(12,11-17)16-10-13-5-3-2-4-6-13/h2-6,12,15-17H,7-11H2,1H3. The lowest BCUT2D eigenvalue weighted by atomic mass is 9.80. The number of nitrogens with one attached hydrogen (secondary N) is 2. The molecule has 3 nitrogen and oxygen atoms in total. The van der Waals surface area contributed by atoms with Gasteiger partial charge in [-0.3, -0.25) is 0 Å². The number of aliphatic hydroxyl groups excluding tert-OH is 1. The largest absolute Gasteiger partial charge is 0.394 e. The zero-order valence-corrected chi connectivity index (χ0v) is 10.4. The Balaban J connectivity index is 1.99. The maximum Gasteiger partial charge on any atom is 0.0617 e. The van der Waals surface area contributed by atoms with E-state index in [4.69, 9.17) is 0 Å². The fourth-order valence-corrected chi connectivity index (χ4v) is 2.50. The quantitative estimate of drug-likeness (QED) is 0.732. The molecule has 1 fully saturated rings. The van der Waals surface area contributed by atoms with Crippen molar-refractivity contribution < 1.29 is 5.11 Å². The highest BCUT2D eigenvalue weighted by Gasteiger charge is 2.36. The molecule has 1 saturated heterocycles. The topological polar surface area (TPSA) is 44.3 Å². The van der Waals surface area contributed by atoms with Gasteiger partial charge in [0.2, 0.25) is 0 Å². The molecule has 3 N–H and O–H groups in total. The van der Waals surface area contributed by atoms with Crippen LogP contribution in [0.2, 0.25) is 0 Å². The van der Waals surface area contributed by atoms with E-state index in [1.54, 1.807) is 0 Å². The van der Waals surface area contributed by atoms with Crippen molar-refractivity contribution in [2.75, 3.05) is 19.7 Å². The van der Waals surface area contributed by atoms with Gasteiger partial charge in [-0.25, -0.2) is 0 Å². The Hall–Kier alpha value is -0.900. The molecule has 1 aromatic carbocycles. The summed E-state index contributed by atoms with van der Waals surface area (Å²) in [6, 6.07) is 10.4. The van der Waals surface area contributed by atoms with Gasteiger partial charge >= 0.3 is 0 Å². The average Bonchev–Trinajstić information content (AvgIpc) is 2.39. The van der Waals surface area contributed by atoms with Gasteiger partial charge in [0.25, 0.3) is 0 Å². The van der Waals surface area contributed by atoms with Crippen LogP contribution in [0.25, 0.3) is 0 Å². The smallest absolute Gasteiger partial charge is 0.0617 e. The molecular formula is C14H22N2O. The molecule has 0 spiro atoms. The first-order chi connectivity index (χ1) is 8.27. The molecule has 0 aromatic heterocycles. The van der Waals surface area contributed by atoms with Crippen molar-refractivity contribution in [1.82, 2.24) is 10.6 Å². The molecule has 1 aromatic rings. The molecule has 0 radical (unpaired) electrons. The first-order valence-electron chi connectivity index (χ1n) is 6.37. The lowest BCUT2D eigenvalue weighted by Crippen LogP contribution is -2.60. The van der Waals surface area contributed by atoms with E-state index in [-0.39, 0.29) is 12.1 Å². The van der Waals surface area contributed by atoms with Crippen molar-refractivity contribution in [2.45, 2.75) is 25.4 Å². The van der Waals surface area contributed by atoms with Crippen LogP contribution >= 0.6 is 0 Å². The van der Waals surface area contributed by atoms with Gasteiger partial charge in [-0.1, -0.05) is 37.3 Å². The van der Waals surface area contributed by atoms with Crippen LogP contribution in [0.4, 0.5) is 0 Å². The zero-order chi connectivity index (χ0) is 12.1. The Bertz CT molecular complexity index is 341. The van der Waals surface area contributed by atoms with Gasteiger partial charge in [0.15, 0.2) is 0 Å². The number of rotatable bonds is 4. The van der Waals surface area contributed by atoms with Gasteiger partial charge in [0.1, 0.15) is 0 Å². The van der Waals surface area contributed by atoms with Crippen molar-refractivity contribution >= 4 is 0 Å². The van der Waals surface area contributed by atoms with Crippen molar-refractivity contribution in [2.24, 2.45) is 5.92 Å². The van der Waals surface area contributed by atoms with Crippen LogP contribution in [0.3, 0.4) is 0 Å². The predicted octanol–water partition coefficient (Wildman–Crippen LogP) is 1.14. The lowest BCUT2D eigenvalue weighted by molar-refractivity contribution is 0.0814. The minimum Gasteiger partial charge on any atom is -0.394 e. The molecule has 2 atom stereocenters. The summed E-state index contributed by atoms with van der Waals surface area (Å²) in [6.45, 7) is 5.18. The Morgan fingerprint density at radius 1 is 1.41 bits per heavy atom. The van der Waals surface area contributed by atoms with Crippen LogP contribution in [-0.4, -0.2) is 30.3 Å². The Labute approximate surface area is 103 Å². The summed E-state index contributed by atoms with van der Waals surface area (Å²) in [5.74, 6) is 0.449. The van der Waals surface area contributed by atoms with E-state index in [1.807, 2.05) is 6.07 Å². The van der Waals surface area contributed by atoms with Crippen LogP contribution < -0.4 is 10.6 Å². The Morgan fingerprint density at radius 2 is 2.18 bits per heavy atom. The summed E-state index contributed by atoms with van der Waals surface area (Å²) in [6.07, 6.45) is 0.984. The second-order valence-electron chi connectivity index (χ2n) is 5.01. The molecule has 1 aliphatic heterocycles. The van der Waals surface area contributed by atoms with Gasteiger partial charge in [-0.15, -0.1) is 0 Å². The van der Waals surface area contributed by atoms with Gasteiger partial charge in [0.05, 0.1) is 6.61 Å². The van der Waals surface area contributed by atoms with E-state index in [2.05, 4.69) is 41.8 Å². The van der Waals surface area contributed by atoms with Gasteiger partial charge in [0, 0.05) is 12.1 Å². The van der Waals surface area contributed by atoms with Crippen LogP contribution in [0.1, 0.15) is 18.9 Å². The molecule has 0 amide bonds. The molecule has 0 bridgehead atoms. The molecule has 2 rings (SSSR count). The molecule has 0 aliphatic carbocycles. The van der Waals surface area contributed by atoms with Crippen molar-refractivity contribution in [3.63, 3.8) is 0 Å². The van der Waals surface area contributed by atoms with E-state index < -0.39 is 0 Å². The summed E-state index contributed by atoms with van der Waals surface area (Å²) < 4.78 is 0. The fourth-order valence-electron chi connectivity index (χ4n) is 2.50. The van der Waals surface area contributed by atoms with E-state index >= 15 is 0 Å². The molecule has 94 valence electrons. The lowest BCUT2D eigenvalue weighted by Gasteiger charge is -2.42. The van der Waals surface area contributed by atoms with E-state index in [0.717, 1.165) is 26.1 Å². The predicted molar refractivity (Wildman–Crippen MR) is 69.7 cm³/mol. The third-order valence-electron chi connectivity index (χ3n) is 3.91. The van der Waals surface area contributed by atoms with Crippen LogP contribution in [0, 0.1) is 5.92 Å². The second-order valence-corrected chi connectivity index (χ2v) is 5.01. The maximum atomic E-state index is 9.70. The number of benzene rings is 1. The molecule has 2 unspecified atom stereocenters. The number of piperidine rings is 1. The van der Waals surface area contributed by atoms with E-state index in [0.29, 0.717) is 5.92 Å². The first-order valence-corrected chi connectivity index (χ1v) is 6.37. The third kappa shape index (κ3) is 2.86. The average molecular weight is 234 g/mol. The Kier molecular flexibility index (Phi) is 4.15. The minimum atomic E-state index is -0.124. The molecular weight excluding hydrogens is 212 g/mol. The van der Waals surface area contributed by atoms with E-state index in [1.165, 1.54) is 5.56 Å². The van der Waals surface area contributed by atoms with Gasteiger partial charge < -0.3 is 15.7 Å². The number of aliphatic hydroxyl groups is 1. The second kappa shape index (κ2) is 5.63. The highest BCUT2D eigenvalue weighted by molar-refractivity contribution is 5.15. The summed E-state index contributed by atoms with van der Waals surface area (Å²) in [5.41, 5.74) is 1.15. The van der Waals surface area contributed by atoms with Crippen molar-refractivity contribution in [3.8, 4) is 0 Å². The number of hydrogen-bond donors (Lipinski definition) is 3. The third-order valence-corrected chi connectivity index (χ3v) is 3.91. The monoisotopic (exact) mass is 234 g/mol. The summed E-state index contributed by atoms with van der Waals surface area (Å²) in [5, 5.41) is 16.6. The minimum absolute atomic E-state index is 0.124. The van der Waals surface area contributed by atoms with Gasteiger partial charge in [-0.05, 0) is 31.0 Å². The highest BCUT2D eigenvalue weighted by atomic mass is 16.3. The number of hydrogen-bond acceptors (Lipinski definition) is 3. The van der Waals surface area contributed by atoms with Crippen LogP contribution in [-0.2, 0) is 6.54 Å².